The first-order valence-corrected chi connectivity index (χ1v) is 7.59. The van der Waals surface area contributed by atoms with Crippen molar-refractivity contribution in [3.8, 4) is 0 Å². The average molecular weight is 278 g/mol. The third-order valence-corrected chi connectivity index (χ3v) is 3.73. The van der Waals surface area contributed by atoms with Crippen LogP contribution >= 0.6 is 0 Å². The fourth-order valence-corrected chi connectivity index (χ4v) is 2.44. The second-order valence-electron chi connectivity index (χ2n) is 5.66. The van der Waals surface area contributed by atoms with Crippen LogP contribution in [0.5, 0.6) is 0 Å². The second-order valence-corrected chi connectivity index (χ2v) is 5.66. The first-order chi connectivity index (χ1) is 9.70. The van der Waals surface area contributed by atoms with E-state index in [9.17, 15) is 0 Å². The van der Waals surface area contributed by atoms with Crippen LogP contribution < -0.4 is 10.6 Å². The second kappa shape index (κ2) is 7.55. The minimum atomic E-state index is 0.379. The van der Waals surface area contributed by atoms with Crippen LogP contribution in [0.4, 0.5) is 5.82 Å². The van der Waals surface area contributed by atoms with Gasteiger partial charge in [-0.05, 0) is 31.7 Å². The van der Waals surface area contributed by atoms with Crippen molar-refractivity contribution in [1.82, 2.24) is 9.97 Å². The summed E-state index contributed by atoms with van der Waals surface area (Å²) in [5, 5.41) is 0. The van der Waals surface area contributed by atoms with E-state index in [2.05, 4.69) is 34.8 Å². The lowest BCUT2D eigenvalue weighted by Crippen LogP contribution is -2.37. The van der Waals surface area contributed by atoms with Crippen LogP contribution in [0, 0.1) is 0 Å². The number of anilines is 1. The Bertz CT molecular complexity index is 403. The zero-order valence-electron chi connectivity index (χ0n) is 12.6. The van der Waals surface area contributed by atoms with Crippen molar-refractivity contribution in [1.29, 1.82) is 0 Å². The van der Waals surface area contributed by atoms with Gasteiger partial charge in [-0.25, -0.2) is 9.97 Å². The Morgan fingerprint density at radius 2 is 2.10 bits per heavy atom. The number of aromatic nitrogens is 2. The molecule has 2 rings (SSSR count). The van der Waals surface area contributed by atoms with E-state index in [4.69, 9.17) is 10.5 Å². The minimum Gasteiger partial charge on any atom is -0.378 e. The molecule has 2 heterocycles. The maximum Gasteiger partial charge on any atom is 0.132 e. The normalized spacial score (nSPS) is 16.9. The highest BCUT2D eigenvalue weighted by Crippen LogP contribution is 2.22. The Balaban J connectivity index is 1.85. The van der Waals surface area contributed by atoms with Gasteiger partial charge in [0.1, 0.15) is 12.1 Å². The molecule has 1 aromatic heterocycles. The van der Waals surface area contributed by atoms with Gasteiger partial charge in [0.2, 0.25) is 0 Å². The summed E-state index contributed by atoms with van der Waals surface area (Å²) in [5.74, 6) is 1.48. The van der Waals surface area contributed by atoms with Crippen LogP contribution in [-0.2, 0) is 4.74 Å². The van der Waals surface area contributed by atoms with Gasteiger partial charge in [-0.2, -0.15) is 0 Å². The highest BCUT2D eigenvalue weighted by atomic mass is 16.5. The van der Waals surface area contributed by atoms with Crippen LogP contribution in [-0.4, -0.2) is 42.3 Å². The van der Waals surface area contributed by atoms with Crippen LogP contribution in [0.25, 0.3) is 0 Å². The van der Waals surface area contributed by atoms with Crippen LogP contribution in [0.15, 0.2) is 12.4 Å². The molecule has 0 saturated carbocycles. The quantitative estimate of drug-likeness (QED) is 0.806. The molecule has 5 nitrogen and oxygen atoms in total. The molecule has 1 aromatic rings. The van der Waals surface area contributed by atoms with Crippen molar-refractivity contribution in [3.63, 3.8) is 0 Å². The Labute approximate surface area is 121 Å². The van der Waals surface area contributed by atoms with Crippen molar-refractivity contribution in [2.75, 3.05) is 31.1 Å². The lowest BCUT2D eigenvalue weighted by molar-refractivity contribution is 0.0365. The number of hydrogen-bond acceptors (Lipinski definition) is 5. The summed E-state index contributed by atoms with van der Waals surface area (Å²) >= 11 is 0. The number of nitrogens with zero attached hydrogens (tertiary/aromatic N) is 3. The molecule has 1 saturated heterocycles. The standard InChI is InChI=1S/C15H26N4O/c1-12(2)14-10-15(18-11-17-14)19-7-4-13(5-8-19)20-9-3-6-16/h10-13H,3-9,16H2,1-2H3. The fourth-order valence-electron chi connectivity index (χ4n) is 2.44. The van der Waals surface area contributed by atoms with Gasteiger partial charge in [-0.1, -0.05) is 13.8 Å². The average Bonchev–Trinajstić information content (AvgIpc) is 2.48. The Kier molecular flexibility index (Phi) is 5.73. The van der Waals surface area contributed by atoms with E-state index in [0.29, 0.717) is 18.6 Å². The molecule has 5 heteroatoms. The third-order valence-electron chi connectivity index (χ3n) is 3.73. The molecule has 1 fully saturated rings. The zero-order valence-corrected chi connectivity index (χ0v) is 12.6. The molecule has 0 spiro atoms. The molecular weight excluding hydrogens is 252 g/mol. The first kappa shape index (κ1) is 15.2. The zero-order chi connectivity index (χ0) is 14.4. The fraction of sp³-hybridized carbons (Fsp3) is 0.733. The molecule has 0 radical (unpaired) electrons. The van der Waals surface area contributed by atoms with Crippen molar-refractivity contribution in [2.24, 2.45) is 5.73 Å². The van der Waals surface area contributed by atoms with Gasteiger partial charge in [-0.15, -0.1) is 0 Å². The molecule has 0 bridgehead atoms. The number of piperidine rings is 1. The summed E-state index contributed by atoms with van der Waals surface area (Å²) in [4.78, 5) is 11.1. The number of nitrogens with two attached hydrogens (primary N) is 1. The van der Waals surface area contributed by atoms with Crippen molar-refractivity contribution in [3.05, 3.63) is 18.1 Å². The van der Waals surface area contributed by atoms with E-state index >= 15 is 0 Å². The van der Waals surface area contributed by atoms with Gasteiger partial charge >= 0.3 is 0 Å². The van der Waals surface area contributed by atoms with E-state index in [1.807, 2.05) is 0 Å². The Morgan fingerprint density at radius 3 is 2.75 bits per heavy atom. The van der Waals surface area contributed by atoms with Gasteiger partial charge in [0, 0.05) is 31.5 Å². The van der Waals surface area contributed by atoms with E-state index < -0.39 is 0 Å². The van der Waals surface area contributed by atoms with Gasteiger partial charge in [0.25, 0.3) is 0 Å². The van der Waals surface area contributed by atoms with Crippen LogP contribution in [0.2, 0.25) is 0 Å². The summed E-state index contributed by atoms with van der Waals surface area (Å²) in [7, 11) is 0. The summed E-state index contributed by atoms with van der Waals surface area (Å²) in [5.41, 5.74) is 6.59. The molecule has 1 aliphatic heterocycles. The molecule has 0 atom stereocenters. The third kappa shape index (κ3) is 4.15. The molecule has 20 heavy (non-hydrogen) atoms. The highest BCUT2D eigenvalue weighted by molar-refractivity contribution is 5.40. The molecule has 112 valence electrons. The predicted octanol–water partition coefficient (Wildman–Crippen LogP) is 1.93. The number of ether oxygens (including phenoxy) is 1. The molecule has 2 N–H and O–H groups in total. The van der Waals surface area contributed by atoms with Gasteiger partial charge in [0.05, 0.1) is 6.10 Å². The number of hydrogen-bond donors (Lipinski definition) is 1. The molecule has 0 aliphatic carbocycles. The summed E-state index contributed by atoms with van der Waals surface area (Å²) < 4.78 is 5.83. The number of rotatable bonds is 6. The molecule has 1 aliphatic rings. The maximum atomic E-state index is 5.83. The van der Waals surface area contributed by atoms with Crippen LogP contribution in [0.3, 0.4) is 0 Å². The van der Waals surface area contributed by atoms with E-state index in [0.717, 1.165) is 50.5 Å². The van der Waals surface area contributed by atoms with Gasteiger partial charge in [-0.3, -0.25) is 0 Å². The molecule has 0 unspecified atom stereocenters. The monoisotopic (exact) mass is 278 g/mol. The highest BCUT2D eigenvalue weighted by Gasteiger charge is 2.20. The van der Waals surface area contributed by atoms with E-state index in [1.165, 1.54) is 0 Å². The summed E-state index contributed by atoms with van der Waals surface area (Å²) in [6.45, 7) is 7.81. The van der Waals surface area contributed by atoms with Crippen LogP contribution in [0.1, 0.15) is 44.7 Å². The summed E-state index contributed by atoms with van der Waals surface area (Å²) in [6.07, 6.45) is 5.12. The molecular formula is C15H26N4O. The van der Waals surface area contributed by atoms with Crippen molar-refractivity contribution in [2.45, 2.75) is 45.1 Å². The van der Waals surface area contributed by atoms with Gasteiger partial charge < -0.3 is 15.4 Å². The van der Waals surface area contributed by atoms with Gasteiger partial charge in [0.15, 0.2) is 0 Å². The van der Waals surface area contributed by atoms with E-state index in [-0.39, 0.29) is 0 Å². The van der Waals surface area contributed by atoms with Crippen molar-refractivity contribution < 1.29 is 4.74 Å². The SMILES string of the molecule is CC(C)c1cc(N2CCC(OCCCN)CC2)ncn1. The summed E-state index contributed by atoms with van der Waals surface area (Å²) in [6, 6.07) is 2.11. The molecule has 0 amide bonds. The lowest BCUT2D eigenvalue weighted by atomic mass is 10.1. The predicted molar refractivity (Wildman–Crippen MR) is 81.0 cm³/mol. The Morgan fingerprint density at radius 1 is 1.35 bits per heavy atom. The van der Waals surface area contributed by atoms with E-state index in [1.54, 1.807) is 6.33 Å². The topological polar surface area (TPSA) is 64.3 Å². The Hall–Kier alpha value is -1.20. The maximum absolute atomic E-state index is 5.83. The lowest BCUT2D eigenvalue weighted by Gasteiger charge is -2.32. The minimum absolute atomic E-state index is 0.379. The smallest absolute Gasteiger partial charge is 0.132 e. The van der Waals surface area contributed by atoms with Crippen molar-refractivity contribution >= 4 is 5.82 Å². The molecule has 0 aromatic carbocycles. The first-order valence-electron chi connectivity index (χ1n) is 7.59. The largest absolute Gasteiger partial charge is 0.378 e.